The van der Waals surface area contributed by atoms with E-state index >= 15 is 0 Å². The normalized spacial score (nSPS) is 13.1. The van der Waals surface area contributed by atoms with E-state index in [2.05, 4.69) is 15.9 Å². The van der Waals surface area contributed by atoms with Crippen LogP contribution >= 0.6 is 15.9 Å². The van der Waals surface area contributed by atoms with Crippen molar-refractivity contribution in [3.8, 4) is 11.5 Å². The zero-order chi connectivity index (χ0) is 15.4. The number of fused-ring (bicyclic) bond motifs is 2. The molecule has 0 atom stereocenters. The number of anilines is 1. The highest BCUT2D eigenvalue weighted by Crippen LogP contribution is 2.38. The van der Waals surface area contributed by atoms with Gasteiger partial charge in [-0.05, 0) is 37.1 Å². The molecule has 0 spiro atoms. The summed E-state index contributed by atoms with van der Waals surface area (Å²) in [4.78, 5) is 14.7. The van der Waals surface area contributed by atoms with Gasteiger partial charge >= 0.3 is 0 Å². The number of rotatable bonds is 5. The Morgan fingerprint density at radius 1 is 0.909 bits per heavy atom. The van der Waals surface area contributed by atoms with Gasteiger partial charge in [-0.3, -0.25) is 4.79 Å². The molecular formula is C18H18BrNO2. The predicted molar refractivity (Wildman–Crippen MR) is 92.3 cm³/mol. The zero-order valence-corrected chi connectivity index (χ0v) is 13.9. The molecule has 1 heterocycles. The van der Waals surface area contributed by atoms with E-state index in [9.17, 15) is 4.79 Å². The quantitative estimate of drug-likeness (QED) is 0.554. The number of benzene rings is 2. The van der Waals surface area contributed by atoms with Crippen molar-refractivity contribution in [3.63, 3.8) is 0 Å². The summed E-state index contributed by atoms with van der Waals surface area (Å²) < 4.78 is 5.96. The number of alkyl halides is 1. The molecule has 4 heteroatoms. The molecule has 0 fully saturated rings. The summed E-state index contributed by atoms with van der Waals surface area (Å²) in [5, 5.41) is 1.00. The van der Waals surface area contributed by atoms with Crippen LogP contribution in [0, 0.1) is 0 Å². The molecule has 0 aliphatic carbocycles. The fraction of sp³-hybridized carbons (Fsp3) is 0.278. The number of nitrogens with zero attached hydrogens (tertiary/aromatic N) is 1. The van der Waals surface area contributed by atoms with Crippen LogP contribution in [-0.4, -0.2) is 17.8 Å². The maximum Gasteiger partial charge on any atom is 0.262 e. The highest BCUT2D eigenvalue weighted by atomic mass is 79.9. The summed E-state index contributed by atoms with van der Waals surface area (Å²) in [6.45, 7) is 0.709. The predicted octanol–water partition coefficient (Wildman–Crippen LogP) is 5.00. The van der Waals surface area contributed by atoms with Gasteiger partial charge in [-0.2, -0.15) is 0 Å². The molecule has 1 aliphatic heterocycles. The van der Waals surface area contributed by atoms with Gasteiger partial charge in [0.2, 0.25) is 0 Å². The van der Waals surface area contributed by atoms with Crippen LogP contribution in [-0.2, 0) is 0 Å². The van der Waals surface area contributed by atoms with Gasteiger partial charge in [0.15, 0.2) is 5.75 Å². The third kappa shape index (κ3) is 3.02. The second-order valence-corrected chi connectivity index (χ2v) is 6.07. The van der Waals surface area contributed by atoms with Crippen molar-refractivity contribution < 1.29 is 9.53 Å². The van der Waals surface area contributed by atoms with Crippen LogP contribution < -0.4 is 9.64 Å². The van der Waals surface area contributed by atoms with Crippen LogP contribution in [0.15, 0.2) is 48.5 Å². The maximum absolute atomic E-state index is 12.9. The summed E-state index contributed by atoms with van der Waals surface area (Å²) in [5.41, 5.74) is 1.47. The van der Waals surface area contributed by atoms with Gasteiger partial charge in [-0.1, -0.05) is 46.6 Å². The van der Waals surface area contributed by atoms with Crippen molar-refractivity contribution in [2.45, 2.75) is 19.3 Å². The lowest BCUT2D eigenvalue weighted by molar-refractivity contribution is 0.0986. The number of hydrogen-bond acceptors (Lipinski definition) is 2. The van der Waals surface area contributed by atoms with Gasteiger partial charge in [0.1, 0.15) is 5.75 Å². The average Bonchev–Trinajstić information content (AvgIpc) is 2.67. The van der Waals surface area contributed by atoms with E-state index in [-0.39, 0.29) is 5.91 Å². The van der Waals surface area contributed by atoms with E-state index in [1.54, 1.807) is 0 Å². The molecule has 1 amide bonds. The Hall–Kier alpha value is -1.81. The molecule has 0 bridgehead atoms. The summed E-state index contributed by atoms with van der Waals surface area (Å²) in [6, 6.07) is 15.2. The molecule has 0 radical (unpaired) electrons. The lowest BCUT2D eigenvalue weighted by Crippen LogP contribution is -2.31. The van der Waals surface area contributed by atoms with Crippen LogP contribution in [0.2, 0.25) is 0 Å². The minimum Gasteiger partial charge on any atom is -0.454 e. The minimum absolute atomic E-state index is 0.0133. The number of amides is 1. The van der Waals surface area contributed by atoms with E-state index in [0.717, 1.165) is 36.0 Å². The largest absolute Gasteiger partial charge is 0.454 e. The van der Waals surface area contributed by atoms with Gasteiger partial charge in [-0.15, -0.1) is 0 Å². The van der Waals surface area contributed by atoms with E-state index in [1.165, 1.54) is 0 Å². The van der Waals surface area contributed by atoms with E-state index in [1.807, 2.05) is 53.4 Å². The Morgan fingerprint density at radius 3 is 2.45 bits per heavy atom. The van der Waals surface area contributed by atoms with Crippen LogP contribution in [0.3, 0.4) is 0 Å². The molecule has 1 aliphatic rings. The van der Waals surface area contributed by atoms with Gasteiger partial charge in [0.25, 0.3) is 5.91 Å². The molecule has 2 aromatic carbocycles. The Kier molecular flexibility index (Phi) is 4.78. The van der Waals surface area contributed by atoms with Gasteiger partial charge in [-0.25, -0.2) is 0 Å². The van der Waals surface area contributed by atoms with Gasteiger partial charge in [0.05, 0.1) is 11.3 Å². The third-order valence-electron chi connectivity index (χ3n) is 3.75. The highest BCUT2D eigenvalue weighted by molar-refractivity contribution is 9.09. The molecule has 0 saturated heterocycles. The number of ether oxygens (including phenoxy) is 1. The average molecular weight is 360 g/mol. The van der Waals surface area contributed by atoms with Crippen LogP contribution in [0.25, 0.3) is 0 Å². The standard InChI is InChI=1S/C18H18BrNO2/c19-12-6-1-7-13-20-15-9-3-5-11-17(15)22-16-10-4-2-8-14(16)18(20)21/h2-5,8-11H,1,6-7,12-13H2. The number of para-hydroxylation sites is 3. The Balaban J connectivity index is 1.94. The van der Waals surface area contributed by atoms with Crippen molar-refractivity contribution in [1.29, 1.82) is 0 Å². The van der Waals surface area contributed by atoms with E-state index in [0.29, 0.717) is 17.9 Å². The summed E-state index contributed by atoms with van der Waals surface area (Å²) in [6.07, 6.45) is 3.20. The van der Waals surface area contributed by atoms with Crippen LogP contribution in [0.1, 0.15) is 29.6 Å². The zero-order valence-electron chi connectivity index (χ0n) is 12.3. The monoisotopic (exact) mass is 359 g/mol. The first-order chi connectivity index (χ1) is 10.8. The second kappa shape index (κ2) is 6.97. The van der Waals surface area contributed by atoms with Crippen LogP contribution in [0.5, 0.6) is 11.5 Å². The fourth-order valence-electron chi connectivity index (χ4n) is 2.64. The molecule has 114 valence electrons. The number of carbonyl (C=O) groups is 1. The van der Waals surface area contributed by atoms with Crippen molar-refractivity contribution in [1.82, 2.24) is 0 Å². The lowest BCUT2D eigenvalue weighted by Gasteiger charge is -2.22. The minimum atomic E-state index is 0.0133. The summed E-state index contributed by atoms with van der Waals surface area (Å²) in [7, 11) is 0. The molecule has 3 rings (SSSR count). The molecule has 0 aromatic heterocycles. The van der Waals surface area contributed by atoms with Crippen molar-refractivity contribution in [2.24, 2.45) is 0 Å². The summed E-state index contributed by atoms with van der Waals surface area (Å²) in [5.74, 6) is 1.38. The number of hydrogen-bond donors (Lipinski definition) is 0. The molecular weight excluding hydrogens is 342 g/mol. The summed E-state index contributed by atoms with van der Waals surface area (Å²) >= 11 is 3.45. The Bertz CT molecular complexity index is 672. The molecule has 22 heavy (non-hydrogen) atoms. The molecule has 0 unspecified atom stereocenters. The first kappa shape index (κ1) is 15.1. The molecule has 2 aromatic rings. The van der Waals surface area contributed by atoms with E-state index in [4.69, 9.17) is 4.74 Å². The smallest absolute Gasteiger partial charge is 0.262 e. The number of unbranched alkanes of at least 4 members (excludes halogenated alkanes) is 2. The fourth-order valence-corrected chi connectivity index (χ4v) is 3.03. The molecule has 0 N–H and O–H groups in total. The molecule has 0 saturated carbocycles. The SMILES string of the molecule is O=C1c2ccccc2Oc2ccccc2N1CCCCCBr. The third-order valence-corrected chi connectivity index (χ3v) is 4.31. The van der Waals surface area contributed by atoms with Gasteiger partial charge in [0, 0.05) is 11.9 Å². The first-order valence-electron chi connectivity index (χ1n) is 7.55. The van der Waals surface area contributed by atoms with Crippen molar-refractivity contribution in [3.05, 3.63) is 54.1 Å². The number of halogens is 1. The van der Waals surface area contributed by atoms with Crippen molar-refractivity contribution >= 4 is 27.5 Å². The molecule has 3 nitrogen and oxygen atoms in total. The van der Waals surface area contributed by atoms with Gasteiger partial charge < -0.3 is 9.64 Å². The lowest BCUT2D eigenvalue weighted by atomic mass is 10.1. The topological polar surface area (TPSA) is 29.5 Å². The van der Waals surface area contributed by atoms with Crippen LogP contribution in [0.4, 0.5) is 5.69 Å². The van der Waals surface area contributed by atoms with E-state index < -0.39 is 0 Å². The Morgan fingerprint density at radius 2 is 1.64 bits per heavy atom. The maximum atomic E-state index is 12.9. The Labute approximate surface area is 139 Å². The first-order valence-corrected chi connectivity index (χ1v) is 8.67. The number of carbonyl (C=O) groups excluding carboxylic acids is 1. The highest BCUT2D eigenvalue weighted by Gasteiger charge is 2.27. The second-order valence-electron chi connectivity index (χ2n) is 5.27. The van der Waals surface area contributed by atoms with Crippen molar-refractivity contribution in [2.75, 3.05) is 16.8 Å².